The Morgan fingerprint density at radius 1 is 1.55 bits per heavy atom. The fourth-order valence-corrected chi connectivity index (χ4v) is 1.59. The highest BCUT2D eigenvalue weighted by molar-refractivity contribution is 5.18. The molecule has 0 spiro atoms. The first-order chi connectivity index (χ1) is 5.36. The molecule has 0 saturated carbocycles. The van der Waals surface area contributed by atoms with Crippen molar-refractivity contribution in [3.05, 3.63) is 23.7 Å². The minimum atomic E-state index is 0.975. The van der Waals surface area contributed by atoms with Crippen LogP contribution in [0, 0.1) is 0 Å². The van der Waals surface area contributed by atoms with Gasteiger partial charge in [0.05, 0.1) is 12.8 Å². The molecule has 1 aliphatic rings. The van der Waals surface area contributed by atoms with Gasteiger partial charge in [-0.05, 0) is 38.1 Å². The lowest BCUT2D eigenvalue weighted by Crippen LogP contribution is -2.16. The third-order valence-corrected chi connectivity index (χ3v) is 2.24. The van der Waals surface area contributed by atoms with E-state index in [0.717, 1.165) is 12.3 Å². The van der Waals surface area contributed by atoms with Crippen LogP contribution in [0.3, 0.4) is 0 Å². The molecule has 60 valence electrons. The highest BCUT2D eigenvalue weighted by Crippen LogP contribution is 2.17. The van der Waals surface area contributed by atoms with Crippen LogP contribution in [0.4, 0.5) is 0 Å². The lowest BCUT2D eigenvalue weighted by Gasteiger charge is -2.10. The Kier molecular flexibility index (Phi) is 1.70. The normalized spacial score (nSPS) is 19.4. The van der Waals surface area contributed by atoms with E-state index in [1.54, 1.807) is 6.26 Å². The Labute approximate surface area is 66.8 Å². The summed E-state index contributed by atoms with van der Waals surface area (Å²) in [5, 5.41) is 0. The van der Waals surface area contributed by atoms with Gasteiger partial charge in [0.25, 0.3) is 0 Å². The molecule has 2 heterocycles. The average Bonchev–Trinajstić information content (AvgIpc) is 2.31. The predicted molar refractivity (Wildman–Crippen MR) is 43.4 cm³/mol. The lowest BCUT2D eigenvalue weighted by atomic mass is 10.1. The van der Waals surface area contributed by atoms with Crippen LogP contribution in [0.2, 0.25) is 0 Å². The van der Waals surface area contributed by atoms with Crippen molar-refractivity contribution in [2.45, 2.75) is 19.4 Å². The monoisotopic (exact) mass is 151 g/mol. The van der Waals surface area contributed by atoms with Gasteiger partial charge in [0.15, 0.2) is 0 Å². The van der Waals surface area contributed by atoms with E-state index < -0.39 is 0 Å². The van der Waals surface area contributed by atoms with Crippen LogP contribution < -0.4 is 0 Å². The quantitative estimate of drug-likeness (QED) is 0.560. The van der Waals surface area contributed by atoms with Crippen molar-refractivity contribution < 1.29 is 4.42 Å². The van der Waals surface area contributed by atoms with Gasteiger partial charge in [0.2, 0.25) is 0 Å². The zero-order valence-electron chi connectivity index (χ0n) is 6.84. The van der Waals surface area contributed by atoms with Crippen molar-refractivity contribution in [3.63, 3.8) is 0 Å². The van der Waals surface area contributed by atoms with Crippen molar-refractivity contribution in [3.8, 4) is 0 Å². The predicted octanol–water partition coefficient (Wildman–Crippen LogP) is 1.66. The topological polar surface area (TPSA) is 16.4 Å². The highest BCUT2D eigenvalue weighted by Gasteiger charge is 2.12. The summed E-state index contributed by atoms with van der Waals surface area (Å²) in [4.78, 5) is 2.30. The number of hydrogen-bond donors (Lipinski definition) is 0. The molecule has 0 atom stereocenters. The molecule has 2 nitrogen and oxygen atoms in total. The smallest absolute Gasteiger partial charge is 0.120 e. The molecule has 0 aliphatic carbocycles. The molecule has 1 aromatic rings. The number of rotatable bonds is 0. The van der Waals surface area contributed by atoms with Crippen LogP contribution in [-0.2, 0) is 13.0 Å². The summed E-state index contributed by atoms with van der Waals surface area (Å²) in [5.74, 6) is 1.16. The summed E-state index contributed by atoms with van der Waals surface area (Å²) in [6.07, 6.45) is 4.23. The first-order valence-electron chi connectivity index (χ1n) is 4.10. The summed E-state index contributed by atoms with van der Waals surface area (Å²) >= 11 is 0. The van der Waals surface area contributed by atoms with E-state index in [1.807, 2.05) is 0 Å². The molecule has 11 heavy (non-hydrogen) atoms. The highest BCUT2D eigenvalue weighted by atomic mass is 16.3. The Morgan fingerprint density at radius 2 is 2.45 bits per heavy atom. The van der Waals surface area contributed by atoms with E-state index in [4.69, 9.17) is 4.42 Å². The molecule has 1 aromatic heterocycles. The zero-order valence-corrected chi connectivity index (χ0v) is 6.84. The molecule has 0 unspecified atom stereocenters. The molecule has 0 N–H and O–H groups in total. The molecular formula is C9H13NO. The van der Waals surface area contributed by atoms with Crippen LogP contribution in [0.1, 0.15) is 17.7 Å². The Balaban J connectivity index is 2.26. The van der Waals surface area contributed by atoms with E-state index in [2.05, 4.69) is 18.0 Å². The molecule has 2 rings (SSSR count). The number of nitrogens with zero attached hydrogens (tertiary/aromatic N) is 1. The lowest BCUT2D eigenvalue weighted by molar-refractivity contribution is 0.302. The minimum absolute atomic E-state index is 0.975. The Morgan fingerprint density at radius 3 is 3.36 bits per heavy atom. The SMILES string of the molecule is CN1CCCc2ccoc2C1. The van der Waals surface area contributed by atoms with Gasteiger partial charge >= 0.3 is 0 Å². The summed E-state index contributed by atoms with van der Waals surface area (Å²) in [6, 6.07) is 2.09. The zero-order chi connectivity index (χ0) is 7.68. The maximum Gasteiger partial charge on any atom is 0.120 e. The van der Waals surface area contributed by atoms with Crippen molar-refractivity contribution >= 4 is 0 Å². The van der Waals surface area contributed by atoms with Gasteiger partial charge in [0, 0.05) is 0 Å². The van der Waals surface area contributed by atoms with Gasteiger partial charge in [-0.2, -0.15) is 0 Å². The summed E-state index contributed by atoms with van der Waals surface area (Å²) in [7, 11) is 2.14. The number of fused-ring (bicyclic) bond motifs is 1. The fourth-order valence-electron chi connectivity index (χ4n) is 1.59. The molecule has 0 radical (unpaired) electrons. The summed E-state index contributed by atoms with van der Waals surface area (Å²) < 4.78 is 5.36. The maximum absolute atomic E-state index is 5.36. The van der Waals surface area contributed by atoms with Crippen LogP contribution in [-0.4, -0.2) is 18.5 Å². The molecule has 0 bridgehead atoms. The van der Waals surface area contributed by atoms with Crippen LogP contribution >= 0.6 is 0 Å². The van der Waals surface area contributed by atoms with Crippen molar-refractivity contribution in [1.82, 2.24) is 4.90 Å². The van der Waals surface area contributed by atoms with Gasteiger partial charge in [-0.25, -0.2) is 0 Å². The van der Waals surface area contributed by atoms with Crippen LogP contribution in [0.25, 0.3) is 0 Å². The molecular weight excluding hydrogens is 138 g/mol. The second kappa shape index (κ2) is 2.70. The third-order valence-electron chi connectivity index (χ3n) is 2.24. The average molecular weight is 151 g/mol. The molecule has 0 amide bonds. The van der Waals surface area contributed by atoms with Gasteiger partial charge in [-0.1, -0.05) is 0 Å². The summed E-state index contributed by atoms with van der Waals surface area (Å²) in [6.45, 7) is 2.16. The second-order valence-electron chi connectivity index (χ2n) is 3.21. The van der Waals surface area contributed by atoms with Crippen LogP contribution in [0.15, 0.2) is 16.7 Å². The number of furan rings is 1. The van der Waals surface area contributed by atoms with Crippen molar-refractivity contribution in [2.24, 2.45) is 0 Å². The van der Waals surface area contributed by atoms with E-state index in [9.17, 15) is 0 Å². The largest absolute Gasteiger partial charge is 0.468 e. The van der Waals surface area contributed by atoms with Gasteiger partial charge in [-0.3, -0.25) is 4.90 Å². The van der Waals surface area contributed by atoms with Crippen molar-refractivity contribution in [2.75, 3.05) is 13.6 Å². The van der Waals surface area contributed by atoms with Crippen LogP contribution in [0.5, 0.6) is 0 Å². The second-order valence-corrected chi connectivity index (χ2v) is 3.21. The molecule has 0 saturated heterocycles. The van der Waals surface area contributed by atoms with E-state index in [1.165, 1.54) is 24.9 Å². The van der Waals surface area contributed by atoms with Gasteiger partial charge in [-0.15, -0.1) is 0 Å². The molecule has 1 aliphatic heterocycles. The standard InChI is InChI=1S/C9H13NO/c1-10-5-2-3-8-4-6-11-9(8)7-10/h4,6H,2-3,5,7H2,1H3. The van der Waals surface area contributed by atoms with Gasteiger partial charge in [0.1, 0.15) is 5.76 Å². The van der Waals surface area contributed by atoms with E-state index >= 15 is 0 Å². The summed E-state index contributed by atoms with van der Waals surface area (Å²) in [5.41, 5.74) is 1.40. The van der Waals surface area contributed by atoms with Gasteiger partial charge < -0.3 is 4.42 Å². The minimum Gasteiger partial charge on any atom is -0.468 e. The first kappa shape index (κ1) is 6.92. The maximum atomic E-state index is 5.36. The Bertz CT molecular complexity index is 241. The third kappa shape index (κ3) is 1.31. The molecule has 0 fully saturated rings. The number of hydrogen-bond acceptors (Lipinski definition) is 2. The van der Waals surface area contributed by atoms with E-state index in [0.29, 0.717) is 0 Å². The van der Waals surface area contributed by atoms with Crippen molar-refractivity contribution in [1.29, 1.82) is 0 Å². The molecule has 0 aromatic carbocycles. The van der Waals surface area contributed by atoms with E-state index in [-0.39, 0.29) is 0 Å². The first-order valence-corrected chi connectivity index (χ1v) is 4.10. The fraction of sp³-hybridized carbons (Fsp3) is 0.556. The Hall–Kier alpha value is -0.760. The number of aryl methyl sites for hydroxylation is 1. The molecule has 2 heteroatoms.